The molecule has 112 valence electrons. The molecule has 0 heterocycles. The molecule has 1 aromatic rings. The summed E-state index contributed by atoms with van der Waals surface area (Å²) >= 11 is 0. The number of carbonyl (C=O) groups excluding carboxylic acids is 2. The predicted octanol–water partition coefficient (Wildman–Crippen LogP) is 1.06. The lowest BCUT2D eigenvalue weighted by molar-refractivity contribution is -0.136. The third kappa shape index (κ3) is 5.03. The van der Waals surface area contributed by atoms with Crippen LogP contribution >= 0.6 is 0 Å². The van der Waals surface area contributed by atoms with Crippen LogP contribution in [0.4, 0.5) is 5.69 Å². The summed E-state index contributed by atoms with van der Waals surface area (Å²) in [6.07, 6.45) is 0. The predicted molar refractivity (Wildman–Crippen MR) is 76.0 cm³/mol. The van der Waals surface area contributed by atoms with Gasteiger partial charge in [0, 0.05) is 11.8 Å². The fraction of sp³-hybridized carbons (Fsp3) is 0.357. The number of anilines is 1. The van der Waals surface area contributed by atoms with Crippen LogP contribution < -0.4 is 20.1 Å². The largest absolute Gasteiger partial charge is 0.490 e. The lowest BCUT2D eigenvalue weighted by atomic mass is 10.2. The number of carbonyl (C=O) groups is 2. The Hall–Kier alpha value is -2.75. The number of nitrogens with one attached hydrogen (secondary N) is 2. The first kappa shape index (κ1) is 16.3. The van der Waals surface area contributed by atoms with Gasteiger partial charge in [-0.05, 0) is 26.0 Å². The molecule has 0 bridgehead atoms. The van der Waals surface area contributed by atoms with Gasteiger partial charge in [-0.1, -0.05) is 0 Å². The van der Waals surface area contributed by atoms with Crippen molar-refractivity contribution in [2.75, 3.05) is 25.1 Å². The molecular weight excluding hydrogens is 274 g/mol. The van der Waals surface area contributed by atoms with Crippen molar-refractivity contribution in [3.63, 3.8) is 0 Å². The number of rotatable bonds is 6. The van der Waals surface area contributed by atoms with Crippen LogP contribution in [0.15, 0.2) is 18.2 Å². The molecule has 2 N–H and O–H groups in total. The Morgan fingerprint density at radius 1 is 1.14 bits per heavy atom. The normalized spacial score (nSPS) is 9.38. The molecule has 0 unspecified atom stereocenters. The second kappa shape index (κ2) is 8.43. The molecule has 0 atom stereocenters. The van der Waals surface area contributed by atoms with E-state index in [0.717, 1.165) is 0 Å². The first-order valence-electron chi connectivity index (χ1n) is 6.48. The Labute approximate surface area is 122 Å². The Balaban J connectivity index is 2.79. The highest BCUT2D eigenvalue weighted by Crippen LogP contribution is 2.30. The van der Waals surface area contributed by atoms with Crippen LogP contribution in [-0.4, -0.2) is 31.6 Å². The Morgan fingerprint density at radius 3 is 2.43 bits per heavy atom. The summed E-state index contributed by atoms with van der Waals surface area (Å²) < 4.78 is 10.8. The van der Waals surface area contributed by atoms with Crippen LogP contribution in [0.2, 0.25) is 0 Å². The summed E-state index contributed by atoms with van der Waals surface area (Å²) in [5, 5.41) is 12.9. The molecule has 2 amide bonds. The van der Waals surface area contributed by atoms with Crippen LogP contribution in [0.25, 0.3) is 0 Å². The molecular formula is C14H17N3O4. The molecule has 7 heteroatoms. The summed E-state index contributed by atoms with van der Waals surface area (Å²) in [5.74, 6) is -0.680. The zero-order valence-electron chi connectivity index (χ0n) is 11.9. The fourth-order valence-electron chi connectivity index (χ4n) is 1.52. The van der Waals surface area contributed by atoms with E-state index >= 15 is 0 Å². The molecule has 7 nitrogen and oxygen atoms in total. The van der Waals surface area contributed by atoms with Crippen LogP contribution in [0.3, 0.4) is 0 Å². The van der Waals surface area contributed by atoms with Gasteiger partial charge in [-0.3, -0.25) is 9.59 Å². The average Bonchev–Trinajstić information content (AvgIpc) is 2.47. The van der Waals surface area contributed by atoms with Crippen molar-refractivity contribution >= 4 is 17.5 Å². The zero-order chi connectivity index (χ0) is 15.7. The van der Waals surface area contributed by atoms with E-state index in [9.17, 15) is 9.59 Å². The van der Waals surface area contributed by atoms with E-state index in [1.54, 1.807) is 24.3 Å². The van der Waals surface area contributed by atoms with Gasteiger partial charge in [0.25, 0.3) is 0 Å². The van der Waals surface area contributed by atoms with Crippen LogP contribution in [-0.2, 0) is 9.59 Å². The minimum Gasteiger partial charge on any atom is -0.490 e. The van der Waals surface area contributed by atoms with Crippen LogP contribution in [0, 0.1) is 11.3 Å². The fourth-order valence-corrected chi connectivity index (χ4v) is 1.52. The molecule has 0 aliphatic heterocycles. The van der Waals surface area contributed by atoms with Crippen LogP contribution in [0.5, 0.6) is 11.5 Å². The van der Waals surface area contributed by atoms with Crippen molar-refractivity contribution < 1.29 is 19.1 Å². The summed E-state index contributed by atoms with van der Waals surface area (Å²) in [6.45, 7) is 4.39. The molecule has 21 heavy (non-hydrogen) atoms. The molecule has 0 fully saturated rings. The minimum absolute atomic E-state index is 0.222. The van der Waals surface area contributed by atoms with E-state index in [1.165, 1.54) is 0 Å². The summed E-state index contributed by atoms with van der Waals surface area (Å²) in [7, 11) is 0. The number of hydrogen-bond acceptors (Lipinski definition) is 5. The van der Waals surface area contributed by atoms with Gasteiger partial charge in [-0.25, -0.2) is 0 Å². The number of amides is 2. The quantitative estimate of drug-likeness (QED) is 0.603. The molecule has 0 saturated carbocycles. The molecule has 0 radical (unpaired) electrons. The summed E-state index contributed by atoms with van der Waals surface area (Å²) in [5.41, 5.74) is 0.402. The van der Waals surface area contributed by atoms with Crippen molar-refractivity contribution in [2.24, 2.45) is 0 Å². The molecule has 0 aliphatic carbocycles. The SMILES string of the molecule is CCOc1ccc(NC(=O)C(=O)NCC#N)cc1OCC. The molecule has 0 saturated heterocycles. The number of nitriles is 1. The monoisotopic (exact) mass is 291 g/mol. The maximum Gasteiger partial charge on any atom is 0.313 e. The van der Waals surface area contributed by atoms with Gasteiger partial charge in [0.2, 0.25) is 0 Å². The van der Waals surface area contributed by atoms with E-state index in [4.69, 9.17) is 14.7 Å². The number of benzene rings is 1. The molecule has 0 spiro atoms. The first-order chi connectivity index (χ1) is 10.1. The number of ether oxygens (including phenoxy) is 2. The molecule has 0 aliphatic rings. The van der Waals surface area contributed by atoms with E-state index < -0.39 is 11.8 Å². The summed E-state index contributed by atoms with van der Waals surface area (Å²) in [6, 6.07) is 6.54. The minimum atomic E-state index is -0.872. The zero-order valence-corrected chi connectivity index (χ0v) is 11.9. The molecule has 0 aromatic heterocycles. The maximum atomic E-state index is 11.6. The summed E-state index contributed by atoms with van der Waals surface area (Å²) in [4.78, 5) is 22.9. The van der Waals surface area contributed by atoms with Crippen molar-refractivity contribution in [1.29, 1.82) is 5.26 Å². The first-order valence-corrected chi connectivity index (χ1v) is 6.48. The van der Waals surface area contributed by atoms with Gasteiger partial charge < -0.3 is 20.1 Å². The van der Waals surface area contributed by atoms with Gasteiger partial charge in [-0.2, -0.15) is 5.26 Å². The van der Waals surface area contributed by atoms with E-state index in [2.05, 4.69) is 10.6 Å². The van der Waals surface area contributed by atoms with E-state index in [1.807, 2.05) is 13.8 Å². The highest BCUT2D eigenvalue weighted by atomic mass is 16.5. The standard InChI is InChI=1S/C14H17N3O4/c1-3-20-11-6-5-10(9-12(11)21-4-2)17-14(19)13(18)16-8-7-15/h5-6,9H,3-4,8H2,1-2H3,(H,16,18)(H,17,19). The average molecular weight is 291 g/mol. The Bertz CT molecular complexity index is 552. The van der Waals surface area contributed by atoms with Gasteiger partial charge in [0.05, 0.1) is 19.3 Å². The topological polar surface area (TPSA) is 100 Å². The van der Waals surface area contributed by atoms with Gasteiger partial charge in [0.1, 0.15) is 6.54 Å². The van der Waals surface area contributed by atoms with E-state index in [0.29, 0.717) is 30.4 Å². The number of hydrogen-bond donors (Lipinski definition) is 2. The lowest BCUT2D eigenvalue weighted by Crippen LogP contribution is -2.35. The second-order valence-corrected chi connectivity index (χ2v) is 3.82. The van der Waals surface area contributed by atoms with E-state index in [-0.39, 0.29) is 6.54 Å². The third-order valence-electron chi connectivity index (χ3n) is 2.34. The second-order valence-electron chi connectivity index (χ2n) is 3.82. The Kier molecular flexibility index (Phi) is 6.54. The van der Waals surface area contributed by atoms with Gasteiger partial charge in [-0.15, -0.1) is 0 Å². The van der Waals surface area contributed by atoms with Gasteiger partial charge >= 0.3 is 11.8 Å². The molecule has 1 aromatic carbocycles. The number of nitrogens with zero attached hydrogens (tertiary/aromatic N) is 1. The molecule has 1 rings (SSSR count). The van der Waals surface area contributed by atoms with Crippen molar-refractivity contribution in [3.8, 4) is 17.6 Å². The van der Waals surface area contributed by atoms with Crippen molar-refractivity contribution in [2.45, 2.75) is 13.8 Å². The Morgan fingerprint density at radius 2 is 1.81 bits per heavy atom. The maximum absolute atomic E-state index is 11.6. The smallest absolute Gasteiger partial charge is 0.313 e. The van der Waals surface area contributed by atoms with Crippen molar-refractivity contribution in [3.05, 3.63) is 18.2 Å². The lowest BCUT2D eigenvalue weighted by Gasteiger charge is -2.12. The third-order valence-corrected chi connectivity index (χ3v) is 2.34. The highest BCUT2D eigenvalue weighted by molar-refractivity contribution is 6.39. The van der Waals surface area contributed by atoms with Crippen molar-refractivity contribution in [1.82, 2.24) is 5.32 Å². The highest BCUT2D eigenvalue weighted by Gasteiger charge is 2.14. The van der Waals surface area contributed by atoms with Crippen LogP contribution in [0.1, 0.15) is 13.8 Å². The van der Waals surface area contributed by atoms with Gasteiger partial charge in [0.15, 0.2) is 11.5 Å².